The van der Waals surface area contributed by atoms with E-state index in [1.54, 1.807) is 7.11 Å². The molecule has 1 fully saturated rings. The molecule has 3 heteroatoms. The number of nitrogens with two attached hydrogens (primary N) is 1. The van der Waals surface area contributed by atoms with E-state index in [0.717, 1.165) is 31.7 Å². The lowest BCUT2D eigenvalue weighted by Gasteiger charge is -2.40. The fourth-order valence-electron chi connectivity index (χ4n) is 3.44. The Bertz CT molecular complexity index is 599. The third kappa shape index (κ3) is 3.16. The minimum atomic E-state index is 0.186. The van der Waals surface area contributed by atoms with E-state index in [9.17, 15) is 0 Å². The number of piperidine rings is 1. The first-order chi connectivity index (χ1) is 10.8. The topological polar surface area (TPSA) is 38.5 Å². The molecule has 22 heavy (non-hydrogen) atoms. The summed E-state index contributed by atoms with van der Waals surface area (Å²) in [6.07, 6.45) is 2.24. The lowest BCUT2D eigenvalue weighted by atomic mass is 9.90. The van der Waals surface area contributed by atoms with E-state index in [1.165, 1.54) is 11.1 Å². The molecule has 1 heterocycles. The Balaban J connectivity index is 1.87. The highest BCUT2D eigenvalue weighted by molar-refractivity contribution is 5.33. The molecule has 0 aromatic heterocycles. The molecule has 0 aliphatic carbocycles. The van der Waals surface area contributed by atoms with Gasteiger partial charge >= 0.3 is 0 Å². The van der Waals surface area contributed by atoms with Gasteiger partial charge in [-0.1, -0.05) is 48.5 Å². The van der Waals surface area contributed by atoms with Crippen LogP contribution in [-0.2, 0) is 6.54 Å². The lowest BCUT2D eigenvalue weighted by molar-refractivity contribution is 0.119. The summed E-state index contributed by atoms with van der Waals surface area (Å²) in [6.45, 7) is 1.95. The maximum absolute atomic E-state index is 6.45. The molecule has 0 unspecified atom stereocenters. The average molecular weight is 296 g/mol. The summed E-state index contributed by atoms with van der Waals surface area (Å²) in [5.74, 6) is 0.952. The van der Waals surface area contributed by atoms with Crippen LogP contribution in [-0.4, -0.2) is 24.6 Å². The van der Waals surface area contributed by atoms with Gasteiger partial charge in [0.05, 0.1) is 13.2 Å². The van der Waals surface area contributed by atoms with Crippen LogP contribution in [0.15, 0.2) is 54.6 Å². The summed E-state index contributed by atoms with van der Waals surface area (Å²) >= 11 is 0. The number of ether oxygens (including phenoxy) is 1. The van der Waals surface area contributed by atoms with E-state index in [2.05, 4.69) is 47.4 Å². The van der Waals surface area contributed by atoms with Crippen LogP contribution < -0.4 is 10.5 Å². The number of likely N-dealkylation sites (tertiary alicyclic amines) is 1. The predicted molar refractivity (Wildman–Crippen MR) is 89.8 cm³/mol. The zero-order chi connectivity index (χ0) is 15.4. The minimum absolute atomic E-state index is 0.186. The Kier molecular flexibility index (Phi) is 4.76. The molecule has 0 spiro atoms. The summed E-state index contributed by atoms with van der Waals surface area (Å²) in [6, 6.07) is 19.3. The van der Waals surface area contributed by atoms with Crippen LogP contribution in [0, 0.1) is 0 Å². The highest BCUT2D eigenvalue weighted by Crippen LogP contribution is 2.32. The summed E-state index contributed by atoms with van der Waals surface area (Å²) in [5.41, 5.74) is 8.98. The van der Waals surface area contributed by atoms with Crippen molar-refractivity contribution >= 4 is 0 Å². The number of rotatable bonds is 4. The van der Waals surface area contributed by atoms with E-state index in [1.807, 2.05) is 12.1 Å². The lowest BCUT2D eigenvalue weighted by Crippen LogP contribution is -2.45. The molecule has 0 radical (unpaired) electrons. The normalized spacial score (nSPS) is 22.5. The Morgan fingerprint density at radius 2 is 1.82 bits per heavy atom. The standard InChI is InChI=1S/C19H24N2O/c1-22-18-12-6-5-10-16(18)14-21-13-7-11-17(20)19(21)15-8-3-2-4-9-15/h2-6,8-10,12,17,19H,7,11,13-14,20H2,1H3/t17-,19+/m0/s1. The SMILES string of the molecule is COc1ccccc1CN1CCC[C@H](N)[C@H]1c1ccccc1. The second kappa shape index (κ2) is 6.95. The van der Waals surface area contributed by atoms with Crippen LogP contribution >= 0.6 is 0 Å². The third-order valence-electron chi connectivity index (χ3n) is 4.49. The molecule has 2 N–H and O–H groups in total. The molecule has 2 atom stereocenters. The molecule has 2 aromatic rings. The van der Waals surface area contributed by atoms with Crippen molar-refractivity contribution in [1.29, 1.82) is 0 Å². The van der Waals surface area contributed by atoms with Gasteiger partial charge in [0.25, 0.3) is 0 Å². The van der Waals surface area contributed by atoms with E-state index in [0.29, 0.717) is 0 Å². The second-order valence-corrected chi connectivity index (χ2v) is 5.94. The molecule has 0 bridgehead atoms. The van der Waals surface area contributed by atoms with Crippen molar-refractivity contribution in [1.82, 2.24) is 4.90 Å². The van der Waals surface area contributed by atoms with Gasteiger partial charge in [-0.25, -0.2) is 0 Å². The van der Waals surface area contributed by atoms with Crippen molar-refractivity contribution in [3.63, 3.8) is 0 Å². The van der Waals surface area contributed by atoms with Gasteiger partial charge in [-0.15, -0.1) is 0 Å². The van der Waals surface area contributed by atoms with Crippen LogP contribution in [0.2, 0.25) is 0 Å². The Hall–Kier alpha value is -1.84. The fourth-order valence-corrected chi connectivity index (χ4v) is 3.44. The van der Waals surface area contributed by atoms with Crippen LogP contribution in [0.25, 0.3) is 0 Å². The van der Waals surface area contributed by atoms with Crippen LogP contribution in [0.4, 0.5) is 0 Å². The van der Waals surface area contributed by atoms with Crippen molar-refractivity contribution in [2.24, 2.45) is 5.73 Å². The number of hydrogen-bond acceptors (Lipinski definition) is 3. The zero-order valence-corrected chi connectivity index (χ0v) is 13.1. The van der Waals surface area contributed by atoms with E-state index < -0.39 is 0 Å². The van der Waals surface area contributed by atoms with Gasteiger partial charge in [-0.2, -0.15) is 0 Å². The Morgan fingerprint density at radius 1 is 1.09 bits per heavy atom. The summed E-state index contributed by atoms with van der Waals surface area (Å²) < 4.78 is 5.50. The number of benzene rings is 2. The van der Waals surface area contributed by atoms with Gasteiger partial charge in [0.15, 0.2) is 0 Å². The molecule has 1 aliphatic rings. The number of methoxy groups -OCH3 is 1. The van der Waals surface area contributed by atoms with Gasteiger partial charge in [0, 0.05) is 18.2 Å². The second-order valence-electron chi connectivity index (χ2n) is 5.94. The van der Waals surface area contributed by atoms with Gasteiger partial charge in [-0.3, -0.25) is 4.90 Å². The average Bonchev–Trinajstić information content (AvgIpc) is 2.56. The van der Waals surface area contributed by atoms with E-state index >= 15 is 0 Å². The summed E-state index contributed by atoms with van der Waals surface area (Å²) in [5, 5.41) is 0. The van der Waals surface area contributed by atoms with Crippen molar-refractivity contribution < 1.29 is 4.74 Å². The first kappa shape index (κ1) is 15.1. The monoisotopic (exact) mass is 296 g/mol. The maximum Gasteiger partial charge on any atom is 0.123 e. The fraction of sp³-hybridized carbons (Fsp3) is 0.368. The highest BCUT2D eigenvalue weighted by Gasteiger charge is 2.30. The molecule has 0 amide bonds. The first-order valence-corrected chi connectivity index (χ1v) is 7.96. The molecule has 2 aromatic carbocycles. The minimum Gasteiger partial charge on any atom is -0.496 e. The molecule has 1 saturated heterocycles. The van der Waals surface area contributed by atoms with Crippen LogP contribution in [0.3, 0.4) is 0 Å². The van der Waals surface area contributed by atoms with Gasteiger partial charge < -0.3 is 10.5 Å². The van der Waals surface area contributed by atoms with Crippen molar-refractivity contribution in [2.45, 2.75) is 31.5 Å². The predicted octanol–water partition coefficient (Wildman–Crippen LogP) is 3.36. The number of hydrogen-bond donors (Lipinski definition) is 1. The van der Waals surface area contributed by atoms with E-state index in [4.69, 9.17) is 10.5 Å². The molecule has 0 saturated carbocycles. The smallest absolute Gasteiger partial charge is 0.123 e. The summed E-state index contributed by atoms with van der Waals surface area (Å²) in [7, 11) is 1.73. The highest BCUT2D eigenvalue weighted by atomic mass is 16.5. The zero-order valence-electron chi connectivity index (χ0n) is 13.1. The largest absolute Gasteiger partial charge is 0.496 e. The molecule has 1 aliphatic heterocycles. The Morgan fingerprint density at radius 3 is 2.59 bits per heavy atom. The third-order valence-corrected chi connectivity index (χ3v) is 4.49. The van der Waals surface area contributed by atoms with Crippen molar-refractivity contribution in [3.05, 3.63) is 65.7 Å². The van der Waals surface area contributed by atoms with Gasteiger partial charge in [-0.05, 0) is 31.0 Å². The summed E-state index contributed by atoms with van der Waals surface area (Å²) in [4.78, 5) is 2.49. The number of para-hydroxylation sites is 1. The number of nitrogens with zero attached hydrogens (tertiary/aromatic N) is 1. The van der Waals surface area contributed by atoms with Gasteiger partial charge in [0.1, 0.15) is 5.75 Å². The van der Waals surface area contributed by atoms with Crippen LogP contribution in [0.1, 0.15) is 30.0 Å². The first-order valence-electron chi connectivity index (χ1n) is 7.96. The van der Waals surface area contributed by atoms with Crippen molar-refractivity contribution in [3.8, 4) is 5.75 Å². The Labute approximate surface area is 132 Å². The quantitative estimate of drug-likeness (QED) is 0.940. The van der Waals surface area contributed by atoms with E-state index in [-0.39, 0.29) is 12.1 Å². The molecular weight excluding hydrogens is 272 g/mol. The molecule has 3 rings (SSSR count). The molecular formula is C19H24N2O. The molecule has 116 valence electrons. The molecule has 3 nitrogen and oxygen atoms in total. The van der Waals surface area contributed by atoms with Crippen LogP contribution in [0.5, 0.6) is 5.75 Å². The van der Waals surface area contributed by atoms with Crippen molar-refractivity contribution in [2.75, 3.05) is 13.7 Å². The maximum atomic E-state index is 6.45. The van der Waals surface area contributed by atoms with Gasteiger partial charge in [0.2, 0.25) is 0 Å².